The van der Waals surface area contributed by atoms with Gasteiger partial charge >= 0.3 is 5.97 Å². The van der Waals surface area contributed by atoms with Gasteiger partial charge in [0.05, 0.1) is 12.7 Å². The van der Waals surface area contributed by atoms with Crippen LogP contribution in [0.3, 0.4) is 0 Å². The number of benzene rings is 2. The van der Waals surface area contributed by atoms with Gasteiger partial charge in [-0.3, -0.25) is 0 Å². The van der Waals surface area contributed by atoms with Crippen LogP contribution in [0.5, 0.6) is 0 Å². The third kappa shape index (κ3) is 3.34. The Bertz CT molecular complexity index is 932. The Hall–Kier alpha value is -2.70. The number of nitrogens with one attached hydrogen (secondary N) is 2. The lowest BCUT2D eigenvalue weighted by atomic mass is 9.98. The van der Waals surface area contributed by atoms with Crippen molar-refractivity contribution in [2.45, 2.75) is 13.0 Å². The van der Waals surface area contributed by atoms with Crippen molar-refractivity contribution in [2.24, 2.45) is 5.73 Å². The summed E-state index contributed by atoms with van der Waals surface area (Å²) in [5, 5.41) is 3.78. The maximum atomic E-state index is 14.0. The molecule has 136 valence electrons. The molecule has 0 fully saturated rings. The van der Waals surface area contributed by atoms with Gasteiger partial charge in [-0.2, -0.15) is 0 Å². The summed E-state index contributed by atoms with van der Waals surface area (Å²) in [5.74, 6) is -1.06. The van der Waals surface area contributed by atoms with Crippen molar-refractivity contribution in [3.05, 3.63) is 58.9 Å². The molecule has 0 spiro atoms. The van der Waals surface area contributed by atoms with Gasteiger partial charge in [0.1, 0.15) is 5.82 Å². The summed E-state index contributed by atoms with van der Waals surface area (Å²) in [6, 6.07) is 10.7. The third-order valence-electron chi connectivity index (χ3n) is 4.39. The highest BCUT2D eigenvalue weighted by molar-refractivity contribution is 6.07. The van der Waals surface area contributed by atoms with E-state index in [0.717, 1.165) is 28.9 Å². The van der Waals surface area contributed by atoms with Crippen LogP contribution in [0.15, 0.2) is 36.4 Å². The van der Waals surface area contributed by atoms with Gasteiger partial charge in [0.25, 0.3) is 0 Å². The number of rotatable bonds is 6. The molecule has 0 saturated carbocycles. The van der Waals surface area contributed by atoms with Gasteiger partial charge < -0.3 is 20.8 Å². The second-order valence-corrected chi connectivity index (χ2v) is 6.11. The van der Waals surface area contributed by atoms with Crippen molar-refractivity contribution in [2.75, 3.05) is 20.7 Å². The molecular formula is C20H22FN3O2. The fourth-order valence-corrected chi connectivity index (χ4v) is 3.27. The highest BCUT2D eigenvalue weighted by Gasteiger charge is 2.21. The summed E-state index contributed by atoms with van der Waals surface area (Å²) in [5.41, 5.74) is 10.4. The van der Waals surface area contributed by atoms with Crippen molar-refractivity contribution in [1.82, 2.24) is 10.3 Å². The van der Waals surface area contributed by atoms with E-state index in [1.807, 2.05) is 31.3 Å². The summed E-state index contributed by atoms with van der Waals surface area (Å²) in [6.45, 7) is 1.19. The van der Waals surface area contributed by atoms with Crippen LogP contribution in [0, 0.1) is 5.82 Å². The van der Waals surface area contributed by atoms with Crippen molar-refractivity contribution < 1.29 is 13.9 Å². The number of halogens is 1. The molecule has 0 atom stereocenters. The Morgan fingerprint density at radius 1 is 1.27 bits per heavy atom. The number of aromatic nitrogens is 1. The number of ether oxygens (including phenoxy) is 1. The molecular weight excluding hydrogens is 333 g/mol. The molecule has 0 bridgehead atoms. The predicted molar refractivity (Wildman–Crippen MR) is 101 cm³/mol. The summed E-state index contributed by atoms with van der Waals surface area (Å²) < 4.78 is 18.8. The number of esters is 1. The van der Waals surface area contributed by atoms with E-state index in [2.05, 4.69) is 10.3 Å². The Morgan fingerprint density at radius 3 is 2.62 bits per heavy atom. The van der Waals surface area contributed by atoms with Crippen LogP contribution in [-0.4, -0.2) is 31.7 Å². The number of hydrogen-bond donors (Lipinski definition) is 3. The molecule has 0 aliphatic carbocycles. The number of hydrogen-bond acceptors (Lipinski definition) is 4. The average Bonchev–Trinajstić information content (AvgIpc) is 3.00. The molecule has 3 rings (SSSR count). The lowest BCUT2D eigenvalue weighted by molar-refractivity contribution is 0.0602. The molecule has 6 heteroatoms. The topological polar surface area (TPSA) is 80.1 Å². The Kier molecular flexibility index (Phi) is 5.35. The molecule has 0 radical (unpaired) electrons. The second kappa shape index (κ2) is 7.68. The zero-order valence-electron chi connectivity index (χ0n) is 14.9. The highest BCUT2D eigenvalue weighted by Crippen LogP contribution is 2.34. The van der Waals surface area contributed by atoms with E-state index in [4.69, 9.17) is 10.5 Å². The molecule has 26 heavy (non-hydrogen) atoms. The van der Waals surface area contributed by atoms with E-state index < -0.39 is 11.8 Å². The number of fused-ring (bicyclic) bond motifs is 1. The van der Waals surface area contributed by atoms with E-state index in [-0.39, 0.29) is 5.56 Å². The summed E-state index contributed by atoms with van der Waals surface area (Å²) in [7, 11) is 3.18. The number of nitrogens with two attached hydrogens (primary N) is 1. The maximum Gasteiger partial charge on any atom is 0.338 e. The smallest absolute Gasteiger partial charge is 0.338 e. The SMILES string of the molecule is CNCc1ccc(-c2[nH]c3cc(F)cc(C(=O)OC)c3c2CCN)cc1. The molecule has 3 aromatic rings. The Labute approximate surface area is 151 Å². The van der Waals surface area contributed by atoms with E-state index >= 15 is 0 Å². The zero-order valence-corrected chi connectivity index (χ0v) is 14.9. The first-order chi connectivity index (χ1) is 12.6. The van der Waals surface area contributed by atoms with E-state index in [1.54, 1.807) is 0 Å². The van der Waals surface area contributed by atoms with E-state index in [1.165, 1.54) is 19.2 Å². The first-order valence-electron chi connectivity index (χ1n) is 8.45. The van der Waals surface area contributed by atoms with Crippen molar-refractivity contribution in [3.8, 4) is 11.3 Å². The summed E-state index contributed by atoms with van der Waals surface area (Å²) in [6.07, 6.45) is 0.559. The highest BCUT2D eigenvalue weighted by atomic mass is 19.1. The molecule has 0 aliphatic heterocycles. The average molecular weight is 355 g/mol. The van der Waals surface area contributed by atoms with Crippen molar-refractivity contribution in [3.63, 3.8) is 0 Å². The number of methoxy groups -OCH3 is 1. The van der Waals surface area contributed by atoms with Crippen molar-refractivity contribution >= 4 is 16.9 Å². The van der Waals surface area contributed by atoms with Gasteiger partial charge in [0.2, 0.25) is 0 Å². The molecule has 5 nitrogen and oxygen atoms in total. The van der Waals surface area contributed by atoms with Crippen LogP contribution in [0.4, 0.5) is 4.39 Å². The Morgan fingerprint density at radius 2 is 2.00 bits per heavy atom. The maximum absolute atomic E-state index is 14.0. The minimum atomic E-state index is -0.567. The number of carbonyl (C=O) groups excluding carboxylic acids is 1. The Balaban J connectivity index is 2.22. The summed E-state index contributed by atoms with van der Waals surface area (Å²) in [4.78, 5) is 15.4. The first kappa shape index (κ1) is 18.1. The standard InChI is InChI=1S/C20H22FN3O2/c1-23-11-12-3-5-13(6-4-12)19-15(7-8-22)18-16(20(25)26-2)9-14(21)10-17(18)24-19/h3-6,9-10,23-24H,7-8,11,22H2,1-2H3. The van der Waals surface area contributed by atoms with Gasteiger partial charge in [-0.25, -0.2) is 9.18 Å². The van der Waals surface area contributed by atoms with Crippen LogP contribution in [0.25, 0.3) is 22.2 Å². The lowest BCUT2D eigenvalue weighted by Gasteiger charge is -2.07. The van der Waals surface area contributed by atoms with Gasteiger partial charge in [-0.1, -0.05) is 24.3 Å². The van der Waals surface area contributed by atoms with Gasteiger partial charge in [0.15, 0.2) is 0 Å². The second-order valence-electron chi connectivity index (χ2n) is 6.11. The lowest BCUT2D eigenvalue weighted by Crippen LogP contribution is -2.07. The third-order valence-corrected chi connectivity index (χ3v) is 4.39. The molecule has 1 aromatic heterocycles. The molecule has 2 aromatic carbocycles. The zero-order chi connectivity index (χ0) is 18.7. The molecule has 0 aliphatic rings. The van der Waals surface area contributed by atoms with E-state index in [0.29, 0.717) is 23.9 Å². The fourth-order valence-electron chi connectivity index (χ4n) is 3.27. The van der Waals surface area contributed by atoms with Crippen LogP contribution in [0.1, 0.15) is 21.5 Å². The van der Waals surface area contributed by atoms with Crippen LogP contribution < -0.4 is 11.1 Å². The first-order valence-corrected chi connectivity index (χ1v) is 8.45. The fraction of sp³-hybridized carbons (Fsp3) is 0.250. The minimum Gasteiger partial charge on any atom is -0.465 e. The minimum absolute atomic E-state index is 0.209. The van der Waals surface area contributed by atoms with Crippen molar-refractivity contribution in [1.29, 1.82) is 0 Å². The quantitative estimate of drug-likeness (QED) is 0.594. The molecule has 0 saturated heterocycles. The molecule has 1 heterocycles. The van der Waals surface area contributed by atoms with Gasteiger partial charge in [-0.15, -0.1) is 0 Å². The van der Waals surface area contributed by atoms with Gasteiger partial charge in [0, 0.05) is 23.1 Å². The normalized spacial score (nSPS) is 11.1. The van der Waals surface area contributed by atoms with Crippen LogP contribution in [0.2, 0.25) is 0 Å². The van der Waals surface area contributed by atoms with Crippen LogP contribution >= 0.6 is 0 Å². The largest absolute Gasteiger partial charge is 0.465 e. The number of carbonyl (C=O) groups is 1. The predicted octanol–water partition coefficient (Wildman–Crippen LogP) is 2.98. The number of H-pyrrole nitrogens is 1. The molecule has 4 N–H and O–H groups in total. The number of aromatic amines is 1. The molecule has 0 unspecified atom stereocenters. The summed E-state index contributed by atoms with van der Waals surface area (Å²) >= 11 is 0. The van der Waals surface area contributed by atoms with Gasteiger partial charge in [-0.05, 0) is 48.8 Å². The molecule has 0 amide bonds. The van der Waals surface area contributed by atoms with E-state index in [9.17, 15) is 9.18 Å². The van der Waals surface area contributed by atoms with Crippen LogP contribution in [-0.2, 0) is 17.7 Å². The monoisotopic (exact) mass is 355 g/mol.